The molecule has 0 aromatic heterocycles. The van der Waals surface area contributed by atoms with Crippen LogP contribution >= 0.6 is 15.9 Å². The van der Waals surface area contributed by atoms with E-state index in [1.165, 1.54) is 0 Å². The van der Waals surface area contributed by atoms with E-state index in [2.05, 4.69) is 15.9 Å². The van der Waals surface area contributed by atoms with Crippen LogP contribution in [0, 0.1) is 0 Å². The van der Waals surface area contributed by atoms with Gasteiger partial charge in [-0.3, -0.25) is 9.59 Å². The molecule has 0 radical (unpaired) electrons. The first-order valence-corrected chi connectivity index (χ1v) is 9.00. The number of esters is 1. The zero-order chi connectivity index (χ0) is 18.4. The van der Waals surface area contributed by atoms with E-state index in [4.69, 9.17) is 4.74 Å². The lowest BCUT2D eigenvalue weighted by Crippen LogP contribution is -2.15. The number of ketones is 1. The Kier molecular flexibility index (Phi) is 5.97. The second-order valence-corrected chi connectivity index (χ2v) is 6.75. The Morgan fingerprint density at radius 3 is 2.04 bits per heavy atom. The molecule has 0 N–H and O–H groups in total. The van der Waals surface area contributed by atoms with Crippen LogP contribution < -0.4 is 0 Å². The van der Waals surface area contributed by atoms with Gasteiger partial charge in [0.1, 0.15) is 0 Å². The van der Waals surface area contributed by atoms with Gasteiger partial charge in [-0.25, -0.2) is 0 Å². The molecule has 26 heavy (non-hydrogen) atoms. The van der Waals surface area contributed by atoms with Crippen LogP contribution in [0.15, 0.2) is 83.3 Å². The van der Waals surface area contributed by atoms with Crippen molar-refractivity contribution in [3.05, 3.63) is 94.5 Å². The third kappa shape index (κ3) is 4.90. The van der Waals surface area contributed by atoms with Crippen LogP contribution in [0.5, 0.6) is 0 Å². The highest BCUT2D eigenvalue weighted by atomic mass is 79.9. The topological polar surface area (TPSA) is 43.4 Å². The van der Waals surface area contributed by atoms with Crippen molar-refractivity contribution >= 4 is 27.7 Å². The van der Waals surface area contributed by atoms with Crippen molar-refractivity contribution in [3.8, 4) is 11.1 Å². The van der Waals surface area contributed by atoms with Crippen LogP contribution in [-0.2, 0) is 16.0 Å². The number of carbonyl (C=O) groups is 2. The Morgan fingerprint density at radius 2 is 1.38 bits per heavy atom. The summed E-state index contributed by atoms with van der Waals surface area (Å²) in [7, 11) is 0. The summed E-state index contributed by atoms with van der Waals surface area (Å²) in [6.07, 6.45) is 0.142. The monoisotopic (exact) mass is 408 g/mol. The van der Waals surface area contributed by atoms with Crippen molar-refractivity contribution in [2.75, 3.05) is 6.61 Å². The van der Waals surface area contributed by atoms with Gasteiger partial charge in [-0.2, -0.15) is 0 Å². The molecule has 0 saturated heterocycles. The molecular formula is C22H17BrO3. The standard InChI is InChI=1S/C22H17BrO3/c23-20-12-10-19(11-13-20)21(24)15-26-22(25)14-16-6-8-18(9-7-16)17-4-2-1-3-5-17/h1-13H,14-15H2. The fourth-order valence-corrected chi connectivity index (χ4v) is 2.79. The third-order valence-corrected chi connectivity index (χ3v) is 4.47. The van der Waals surface area contributed by atoms with Gasteiger partial charge < -0.3 is 4.74 Å². The lowest BCUT2D eigenvalue weighted by Gasteiger charge is -2.06. The summed E-state index contributed by atoms with van der Waals surface area (Å²) in [4.78, 5) is 24.0. The predicted octanol–water partition coefficient (Wildman–Crippen LogP) is 5.08. The average molecular weight is 409 g/mol. The number of benzene rings is 3. The van der Waals surface area contributed by atoms with Gasteiger partial charge >= 0.3 is 5.97 Å². The molecule has 0 fully saturated rings. The molecule has 0 aliphatic heterocycles. The van der Waals surface area contributed by atoms with E-state index in [0.717, 1.165) is 21.2 Å². The van der Waals surface area contributed by atoms with Gasteiger partial charge in [-0.1, -0.05) is 82.7 Å². The van der Waals surface area contributed by atoms with E-state index >= 15 is 0 Å². The summed E-state index contributed by atoms with van der Waals surface area (Å²) in [5, 5.41) is 0. The molecule has 3 aromatic rings. The summed E-state index contributed by atoms with van der Waals surface area (Å²) in [5.74, 6) is -0.631. The molecule has 3 rings (SSSR count). The number of hydrogen-bond donors (Lipinski definition) is 0. The van der Waals surface area contributed by atoms with E-state index < -0.39 is 5.97 Å². The van der Waals surface area contributed by atoms with Crippen molar-refractivity contribution in [1.82, 2.24) is 0 Å². The zero-order valence-corrected chi connectivity index (χ0v) is 15.6. The molecule has 0 unspecified atom stereocenters. The van der Waals surface area contributed by atoms with Gasteiger partial charge in [0.05, 0.1) is 6.42 Å². The molecule has 0 atom stereocenters. The number of rotatable bonds is 6. The van der Waals surface area contributed by atoms with Gasteiger partial charge in [0, 0.05) is 10.0 Å². The molecule has 0 aliphatic carbocycles. The quantitative estimate of drug-likeness (QED) is 0.421. The van der Waals surface area contributed by atoms with E-state index in [1.807, 2.05) is 54.6 Å². The molecule has 0 heterocycles. The fraction of sp³-hybridized carbons (Fsp3) is 0.0909. The molecule has 130 valence electrons. The number of halogens is 1. The van der Waals surface area contributed by atoms with E-state index in [0.29, 0.717) is 5.56 Å². The van der Waals surface area contributed by atoms with Crippen LogP contribution in [0.3, 0.4) is 0 Å². The Balaban J connectivity index is 1.53. The summed E-state index contributed by atoms with van der Waals surface area (Å²) >= 11 is 3.32. The molecule has 3 aromatic carbocycles. The van der Waals surface area contributed by atoms with Crippen LogP contribution in [0.2, 0.25) is 0 Å². The van der Waals surface area contributed by atoms with Crippen molar-refractivity contribution < 1.29 is 14.3 Å². The fourth-order valence-electron chi connectivity index (χ4n) is 2.53. The minimum absolute atomic E-state index is 0.142. The van der Waals surface area contributed by atoms with Crippen LogP contribution in [0.4, 0.5) is 0 Å². The summed E-state index contributed by atoms with van der Waals surface area (Å²) in [6.45, 7) is -0.247. The second kappa shape index (κ2) is 8.59. The van der Waals surface area contributed by atoms with Crippen molar-refractivity contribution in [3.63, 3.8) is 0 Å². The average Bonchev–Trinajstić information content (AvgIpc) is 2.68. The lowest BCUT2D eigenvalue weighted by molar-refractivity contribution is -0.141. The minimum atomic E-state index is -0.414. The summed E-state index contributed by atoms with van der Waals surface area (Å²) in [6, 6.07) is 24.7. The third-order valence-electron chi connectivity index (χ3n) is 3.94. The number of Topliss-reactive ketones (excluding diaryl/α,β-unsaturated/α-hetero) is 1. The van der Waals surface area contributed by atoms with Gasteiger partial charge in [-0.05, 0) is 28.8 Å². The number of carbonyl (C=O) groups excluding carboxylic acids is 2. The van der Waals surface area contributed by atoms with Gasteiger partial charge in [0.15, 0.2) is 12.4 Å². The zero-order valence-electron chi connectivity index (χ0n) is 14.0. The highest BCUT2D eigenvalue weighted by Crippen LogP contribution is 2.19. The lowest BCUT2D eigenvalue weighted by atomic mass is 10.0. The molecule has 4 heteroatoms. The Labute approximate surface area is 160 Å². The Morgan fingerprint density at radius 1 is 0.769 bits per heavy atom. The van der Waals surface area contributed by atoms with Crippen molar-refractivity contribution in [2.24, 2.45) is 0 Å². The predicted molar refractivity (Wildman–Crippen MR) is 105 cm³/mol. The summed E-state index contributed by atoms with van der Waals surface area (Å²) < 4.78 is 6.00. The highest BCUT2D eigenvalue weighted by molar-refractivity contribution is 9.10. The van der Waals surface area contributed by atoms with E-state index in [-0.39, 0.29) is 18.8 Å². The Bertz CT molecular complexity index is 885. The molecule has 0 aliphatic rings. The first kappa shape index (κ1) is 18.1. The van der Waals surface area contributed by atoms with E-state index in [9.17, 15) is 9.59 Å². The van der Waals surface area contributed by atoms with Crippen LogP contribution in [0.1, 0.15) is 15.9 Å². The first-order valence-electron chi connectivity index (χ1n) is 8.20. The van der Waals surface area contributed by atoms with Crippen LogP contribution in [-0.4, -0.2) is 18.4 Å². The van der Waals surface area contributed by atoms with Crippen LogP contribution in [0.25, 0.3) is 11.1 Å². The molecule has 0 spiro atoms. The maximum atomic E-state index is 12.0. The smallest absolute Gasteiger partial charge is 0.310 e. The maximum absolute atomic E-state index is 12.0. The largest absolute Gasteiger partial charge is 0.457 e. The van der Waals surface area contributed by atoms with Gasteiger partial charge in [0.2, 0.25) is 0 Å². The molecule has 0 amide bonds. The second-order valence-electron chi connectivity index (χ2n) is 5.83. The van der Waals surface area contributed by atoms with Crippen molar-refractivity contribution in [1.29, 1.82) is 0 Å². The summed E-state index contributed by atoms with van der Waals surface area (Å²) in [5.41, 5.74) is 3.59. The van der Waals surface area contributed by atoms with Gasteiger partial charge in [-0.15, -0.1) is 0 Å². The molecule has 3 nitrogen and oxygen atoms in total. The minimum Gasteiger partial charge on any atom is -0.457 e. The molecule has 0 bridgehead atoms. The van der Waals surface area contributed by atoms with Gasteiger partial charge in [0.25, 0.3) is 0 Å². The molecule has 0 saturated carbocycles. The SMILES string of the molecule is O=C(Cc1ccc(-c2ccccc2)cc1)OCC(=O)c1ccc(Br)cc1. The highest BCUT2D eigenvalue weighted by Gasteiger charge is 2.11. The number of hydrogen-bond acceptors (Lipinski definition) is 3. The van der Waals surface area contributed by atoms with Crippen molar-refractivity contribution in [2.45, 2.75) is 6.42 Å². The Hall–Kier alpha value is -2.72. The number of ether oxygens (including phenoxy) is 1. The normalized spacial score (nSPS) is 10.3. The molecular weight excluding hydrogens is 392 g/mol. The first-order chi connectivity index (χ1) is 12.6. The van der Waals surface area contributed by atoms with E-state index in [1.54, 1.807) is 24.3 Å². The maximum Gasteiger partial charge on any atom is 0.310 e.